The first-order valence-corrected chi connectivity index (χ1v) is 7.39. The molecule has 0 fully saturated rings. The summed E-state index contributed by atoms with van der Waals surface area (Å²) in [5.74, 6) is -1.41. The van der Waals surface area contributed by atoms with Crippen LogP contribution in [0.3, 0.4) is 0 Å². The predicted molar refractivity (Wildman–Crippen MR) is 89.2 cm³/mol. The summed E-state index contributed by atoms with van der Waals surface area (Å²) in [4.78, 5) is 34.8. The molecule has 0 aliphatic rings. The van der Waals surface area contributed by atoms with Crippen molar-refractivity contribution in [2.45, 2.75) is 6.42 Å². The van der Waals surface area contributed by atoms with Gasteiger partial charge in [0.25, 0.3) is 5.91 Å². The first kappa shape index (κ1) is 18.0. The van der Waals surface area contributed by atoms with Gasteiger partial charge in [0.1, 0.15) is 5.75 Å². The van der Waals surface area contributed by atoms with Crippen LogP contribution in [0.4, 0.5) is 5.69 Å². The fourth-order valence-electron chi connectivity index (χ4n) is 1.98. The number of methoxy groups -OCH3 is 1. The number of phenolic OH excluding ortho intramolecular Hbond substituents is 1. The second-order valence-electron chi connectivity index (χ2n) is 5.12. The Kier molecular flexibility index (Phi) is 6.11. The first-order valence-electron chi connectivity index (χ1n) is 7.39. The van der Waals surface area contributed by atoms with Gasteiger partial charge >= 0.3 is 11.9 Å². The third-order valence-electron chi connectivity index (χ3n) is 3.24. The molecule has 7 nitrogen and oxygen atoms in total. The van der Waals surface area contributed by atoms with Gasteiger partial charge in [0.15, 0.2) is 6.61 Å². The topological polar surface area (TPSA) is 102 Å². The molecular weight excluding hydrogens is 326 g/mol. The zero-order valence-corrected chi connectivity index (χ0v) is 13.5. The van der Waals surface area contributed by atoms with Crippen LogP contribution in [-0.4, -0.2) is 36.7 Å². The molecule has 7 heteroatoms. The lowest BCUT2D eigenvalue weighted by molar-refractivity contribution is -0.146. The average molecular weight is 343 g/mol. The van der Waals surface area contributed by atoms with Crippen LogP contribution in [-0.2, 0) is 25.5 Å². The van der Waals surface area contributed by atoms with Gasteiger partial charge in [-0.3, -0.25) is 9.59 Å². The summed E-state index contributed by atoms with van der Waals surface area (Å²) in [5, 5.41) is 11.7. The van der Waals surface area contributed by atoms with Crippen LogP contribution < -0.4 is 5.32 Å². The van der Waals surface area contributed by atoms with E-state index in [1.807, 2.05) is 0 Å². The highest BCUT2D eigenvalue weighted by Crippen LogP contribution is 2.11. The van der Waals surface area contributed by atoms with Crippen LogP contribution in [0, 0.1) is 0 Å². The quantitative estimate of drug-likeness (QED) is 0.777. The number of amides is 1. The smallest absolute Gasteiger partial charge is 0.337 e. The van der Waals surface area contributed by atoms with Gasteiger partial charge in [-0.1, -0.05) is 12.1 Å². The summed E-state index contributed by atoms with van der Waals surface area (Å²) >= 11 is 0. The Hall–Kier alpha value is -3.35. The summed E-state index contributed by atoms with van der Waals surface area (Å²) in [6, 6.07) is 12.2. The lowest BCUT2D eigenvalue weighted by Gasteiger charge is -2.07. The minimum atomic E-state index is -0.554. The van der Waals surface area contributed by atoms with Crippen molar-refractivity contribution in [2.24, 2.45) is 0 Å². The highest BCUT2D eigenvalue weighted by atomic mass is 16.5. The maximum Gasteiger partial charge on any atom is 0.337 e. The van der Waals surface area contributed by atoms with Crippen LogP contribution in [0.15, 0.2) is 48.5 Å². The number of esters is 2. The third-order valence-corrected chi connectivity index (χ3v) is 3.24. The van der Waals surface area contributed by atoms with E-state index in [1.54, 1.807) is 24.3 Å². The molecule has 2 aromatic rings. The number of benzene rings is 2. The normalized spacial score (nSPS) is 9.96. The van der Waals surface area contributed by atoms with Crippen molar-refractivity contribution in [1.82, 2.24) is 0 Å². The number of phenols is 1. The molecule has 0 radical (unpaired) electrons. The minimum Gasteiger partial charge on any atom is -0.508 e. The number of nitrogens with one attached hydrogen (secondary N) is 1. The van der Waals surface area contributed by atoms with Gasteiger partial charge in [-0.2, -0.15) is 0 Å². The molecular formula is C18H17NO6. The van der Waals surface area contributed by atoms with Crippen molar-refractivity contribution in [1.29, 1.82) is 0 Å². The fourth-order valence-corrected chi connectivity index (χ4v) is 1.98. The van der Waals surface area contributed by atoms with Crippen LogP contribution in [0.5, 0.6) is 5.75 Å². The molecule has 2 aromatic carbocycles. The zero-order chi connectivity index (χ0) is 18.2. The molecule has 1 amide bonds. The molecule has 0 saturated heterocycles. The van der Waals surface area contributed by atoms with E-state index in [2.05, 4.69) is 10.1 Å². The van der Waals surface area contributed by atoms with Crippen molar-refractivity contribution in [2.75, 3.05) is 19.0 Å². The van der Waals surface area contributed by atoms with E-state index in [9.17, 15) is 19.5 Å². The molecule has 0 aromatic heterocycles. The summed E-state index contributed by atoms with van der Waals surface area (Å²) in [6.07, 6.45) is 0.00138. The van der Waals surface area contributed by atoms with E-state index in [1.165, 1.54) is 31.4 Å². The van der Waals surface area contributed by atoms with Gasteiger partial charge in [0.2, 0.25) is 0 Å². The molecule has 130 valence electrons. The number of carbonyl (C=O) groups is 3. The highest BCUT2D eigenvalue weighted by molar-refractivity contribution is 5.94. The molecule has 0 unspecified atom stereocenters. The first-order chi connectivity index (χ1) is 12.0. The molecule has 2 N–H and O–H groups in total. The predicted octanol–water partition coefficient (Wildman–Crippen LogP) is 1.90. The number of hydrogen-bond acceptors (Lipinski definition) is 6. The van der Waals surface area contributed by atoms with Crippen molar-refractivity contribution in [3.05, 3.63) is 59.7 Å². The SMILES string of the molecule is COC(=O)c1ccc(NC(=O)COC(=O)Cc2ccc(O)cc2)cc1. The van der Waals surface area contributed by atoms with Crippen LogP contribution in [0.25, 0.3) is 0 Å². The minimum absolute atomic E-state index is 0.00138. The van der Waals surface area contributed by atoms with Crippen molar-refractivity contribution < 1.29 is 29.0 Å². The van der Waals surface area contributed by atoms with Gasteiger partial charge < -0.3 is 19.9 Å². The Morgan fingerprint density at radius 1 is 1.00 bits per heavy atom. The molecule has 0 spiro atoms. The number of rotatable bonds is 6. The van der Waals surface area contributed by atoms with E-state index in [-0.39, 0.29) is 12.2 Å². The van der Waals surface area contributed by atoms with Gasteiger partial charge in [0.05, 0.1) is 19.1 Å². The van der Waals surface area contributed by atoms with E-state index in [0.29, 0.717) is 16.8 Å². The van der Waals surface area contributed by atoms with Gasteiger partial charge in [-0.05, 0) is 42.0 Å². The summed E-state index contributed by atoms with van der Waals surface area (Å²) in [5.41, 5.74) is 1.50. The third kappa shape index (κ3) is 5.65. The average Bonchev–Trinajstić information content (AvgIpc) is 2.62. The van der Waals surface area contributed by atoms with E-state index < -0.39 is 24.5 Å². The molecule has 0 heterocycles. The van der Waals surface area contributed by atoms with E-state index in [4.69, 9.17) is 4.74 Å². The number of ether oxygens (including phenoxy) is 2. The monoisotopic (exact) mass is 343 g/mol. The van der Waals surface area contributed by atoms with Crippen molar-refractivity contribution in [3.8, 4) is 5.75 Å². The number of hydrogen-bond donors (Lipinski definition) is 2. The van der Waals surface area contributed by atoms with Crippen LogP contribution in [0.2, 0.25) is 0 Å². The highest BCUT2D eigenvalue weighted by Gasteiger charge is 2.10. The molecule has 2 rings (SSSR count). The fraction of sp³-hybridized carbons (Fsp3) is 0.167. The summed E-state index contributed by atoms with van der Waals surface area (Å²) in [7, 11) is 1.28. The van der Waals surface area contributed by atoms with Gasteiger partial charge in [-0.15, -0.1) is 0 Å². The summed E-state index contributed by atoms with van der Waals surface area (Å²) in [6.45, 7) is -0.421. The Morgan fingerprint density at radius 2 is 1.64 bits per heavy atom. The number of anilines is 1. The Labute approximate surface area is 144 Å². The second kappa shape index (κ2) is 8.49. The number of carbonyl (C=O) groups excluding carboxylic acids is 3. The maximum atomic E-state index is 11.8. The molecule has 0 bridgehead atoms. The zero-order valence-electron chi connectivity index (χ0n) is 13.5. The van der Waals surface area contributed by atoms with Crippen molar-refractivity contribution in [3.63, 3.8) is 0 Å². The largest absolute Gasteiger partial charge is 0.508 e. The second-order valence-corrected chi connectivity index (χ2v) is 5.12. The Balaban J connectivity index is 1.79. The number of aromatic hydroxyl groups is 1. The molecule has 0 aliphatic heterocycles. The standard InChI is InChI=1S/C18H17NO6/c1-24-18(23)13-4-6-14(7-5-13)19-16(21)11-25-17(22)10-12-2-8-15(20)9-3-12/h2-9,20H,10-11H2,1H3,(H,19,21). The molecule has 25 heavy (non-hydrogen) atoms. The lowest BCUT2D eigenvalue weighted by Crippen LogP contribution is -2.21. The van der Waals surface area contributed by atoms with Crippen LogP contribution in [0.1, 0.15) is 15.9 Å². The van der Waals surface area contributed by atoms with E-state index >= 15 is 0 Å². The maximum absolute atomic E-state index is 11.8. The Morgan fingerprint density at radius 3 is 2.24 bits per heavy atom. The molecule has 0 aliphatic carbocycles. The van der Waals surface area contributed by atoms with Crippen LogP contribution >= 0.6 is 0 Å². The van der Waals surface area contributed by atoms with Gasteiger partial charge in [0, 0.05) is 5.69 Å². The summed E-state index contributed by atoms with van der Waals surface area (Å²) < 4.78 is 9.48. The lowest BCUT2D eigenvalue weighted by atomic mass is 10.1. The van der Waals surface area contributed by atoms with Gasteiger partial charge in [-0.25, -0.2) is 4.79 Å². The molecule has 0 saturated carbocycles. The Bertz CT molecular complexity index is 752. The molecule has 0 atom stereocenters. The van der Waals surface area contributed by atoms with E-state index in [0.717, 1.165) is 0 Å². The van der Waals surface area contributed by atoms with Crippen molar-refractivity contribution >= 4 is 23.5 Å².